The number of carboxylic acids is 1. The predicted molar refractivity (Wildman–Crippen MR) is 217 cm³/mol. The summed E-state index contributed by atoms with van der Waals surface area (Å²) in [4.78, 5) is 36.7. The molecular formula is C45H77NO7. The summed E-state index contributed by atoms with van der Waals surface area (Å²) in [7, 11) is 5.37. The van der Waals surface area contributed by atoms with Crippen molar-refractivity contribution in [2.75, 3.05) is 41.0 Å². The Balaban J connectivity index is 4.51. The maximum Gasteiger partial charge on any atom is 0.306 e. The number of likely N-dealkylation sites (N-methyl/N-ethyl adjacent to an activating group) is 1. The van der Waals surface area contributed by atoms with Crippen LogP contribution < -0.4 is 5.11 Å². The highest BCUT2D eigenvalue weighted by Gasteiger charge is 2.25. The van der Waals surface area contributed by atoms with Crippen LogP contribution in [0.15, 0.2) is 60.8 Å². The summed E-state index contributed by atoms with van der Waals surface area (Å²) >= 11 is 0. The van der Waals surface area contributed by atoms with E-state index in [1.165, 1.54) is 57.8 Å². The molecule has 0 N–H and O–H groups in total. The van der Waals surface area contributed by atoms with Crippen molar-refractivity contribution in [2.24, 2.45) is 0 Å². The number of quaternary nitrogens is 1. The van der Waals surface area contributed by atoms with Gasteiger partial charge in [-0.25, -0.2) is 0 Å². The molecule has 0 fully saturated rings. The van der Waals surface area contributed by atoms with Crippen LogP contribution >= 0.6 is 0 Å². The number of carbonyl (C=O) groups is 3. The molecule has 0 saturated carbocycles. The van der Waals surface area contributed by atoms with Crippen LogP contribution in [0.1, 0.15) is 155 Å². The van der Waals surface area contributed by atoms with E-state index >= 15 is 0 Å². The highest BCUT2D eigenvalue weighted by atomic mass is 16.6. The SMILES string of the molecule is CCCCC/C=C/C/C=C/C/C=C/C/C=C/CCCC(=O)OC(COCCC(C(=O)[O-])[N+](C)(C)C)COC(=O)CCCCCCC/C=C/CCCCC. The van der Waals surface area contributed by atoms with Gasteiger partial charge in [-0.3, -0.25) is 9.59 Å². The smallest absolute Gasteiger partial charge is 0.306 e. The van der Waals surface area contributed by atoms with E-state index < -0.39 is 18.1 Å². The predicted octanol–water partition coefficient (Wildman–Crippen LogP) is 9.69. The van der Waals surface area contributed by atoms with Crippen molar-refractivity contribution in [2.45, 2.75) is 167 Å². The quantitative estimate of drug-likeness (QED) is 0.0273. The molecule has 0 heterocycles. The molecule has 2 unspecified atom stereocenters. The summed E-state index contributed by atoms with van der Waals surface area (Å²) < 4.78 is 17.0. The number of hydrogen-bond acceptors (Lipinski definition) is 7. The molecule has 0 amide bonds. The molecule has 53 heavy (non-hydrogen) atoms. The van der Waals surface area contributed by atoms with Gasteiger partial charge in [0, 0.05) is 19.3 Å². The van der Waals surface area contributed by atoms with Crippen LogP contribution in [-0.4, -0.2) is 75.5 Å². The number of allylic oxidation sites excluding steroid dienone is 10. The first-order valence-corrected chi connectivity index (χ1v) is 20.8. The van der Waals surface area contributed by atoms with Crippen molar-refractivity contribution in [1.29, 1.82) is 0 Å². The van der Waals surface area contributed by atoms with Gasteiger partial charge in [-0.15, -0.1) is 0 Å². The van der Waals surface area contributed by atoms with Crippen LogP contribution in [0.3, 0.4) is 0 Å². The Morgan fingerprint density at radius 3 is 1.55 bits per heavy atom. The fraction of sp³-hybridized carbons (Fsp3) is 0.711. The second kappa shape index (κ2) is 36.0. The van der Waals surface area contributed by atoms with Gasteiger partial charge in [-0.05, 0) is 77.0 Å². The number of esters is 2. The van der Waals surface area contributed by atoms with Crippen LogP contribution in [0.2, 0.25) is 0 Å². The molecule has 0 rings (SSSR count). The summed E-state index contributed by atoms with van der Waals surface area (Å²) in [6, 6.07) is -0.737. The molecule has 0 bridgehead atoms. The number of ether oxygens (including phenoxy) is 3. The van der Waals surface area contributed by atoms with E-state index in [0.29, 0.717) is 12.8 Å². The number of carboxylic acid groups (broad SMARTS) is 1. The average molecular weight is 744 g/mol. The van der Waals surface area contributed by atoms with Gasteiger partial charge < -0.3 is 28.6 Å². The topological polar surface area (TPSA) is 102 Å². The first-order chi connectivity index (χ1) is 25.6. The van der Waals surface area contributed by atoms with E-state index in [2.05, 4.69) is 74.6 Å². The molecule has 0 aromatic carbocycles. The van der Waals surface area contributed by atoms with Crippen molar-refractivity contribution in [3.8, 4) is 0 Å². The minimum absolute atomic E-state index is 0.0140. The molecule has 0 aliphatic rings. The zero-order valence-electron chi connectivity index (χ0n) is 34.4. The Kier molecular flexibility index (Phi) is 34.0. The molecule has 0 spiro atoms. The van der Waals surface area contributed by atoms with Crippen LogP contribution in [0, 0.1) is 0 Å². The van der Waals surface area contributed by atoms with Gasteiger partial charge in [-0.2, -0.15) is 0 Å². The van der Waals surface area contributed by atoms with E-state index in [9.17, 15) is 19.5 Å². The van der Waals surface area contributed by atoms with Gasteiger partial charge in [0.1, 0.15) is 12.6 Å². The Morgan fingerprint density at radius 2 is 1.02 bits per heavy atom. The van der Waals surface area contributed by atoms with Gasteiger partial charge >= 0.3 is 11.9 Å². The Morgan fingerprint density at radius 1 is 0.566 bits per heavy atom. The van der Waals surface area contributed by atoms with Crippen LogP contribution in [0.4, 0.5) is 0 Å². The first-order valence-electron chi connectivity index (χ1n) is 20.8. The normalized spacial score (nSPS) is 13.6. The fourth-order valence-corrected chi connectivity index (χ4v) is 5.59. The highest BCUT2D eigenvalue weighted by molar-refractivity contribution is 5.70. The number of nitrogens with zero attached hydrogens (tertiary/aromatic N) is 1. The van der Waals surface area contributed by atoms with Crippen molar-refractivity contribution in [1.82, 2.24) is 0 Å². The van der Waals surface area contributed by atoms with Gasteiger partial charge in [0.2, 0.25) is 0 Å². The molecule has 0 aliphatic carbocycles. The molecule has 304 valence electrons. The molecule has 2 atom stereocenters. The van der Waals surface area contributed by atoms with Gasteiger partial charge in [0.15, 0.2) is 6.10 Å². The summed E-state index contributed by atoms with van der Waals surface area (Å²) in [6.07, 6.45) is 42.5. The average Bonchev–Trinajstić information content (AvgIpc) is 3.11. The number of hydrogen-bond donors (Lipinski definition) is 0. The molecule has 0 aliphatic heterocycles. The third kappa shape index (κ3) is 34.5. The lowest BCUT2D eigenvalue weighted by Crippen LogP contribution is -2.55. The van der Waals surface area contributed by atoms with Crippen molar-refractivity contribution in [3.05, 3.63) is 60.8 Å². The minimum Gasteiger partial charge on any atom is -0.544 e. The highest BCUT2D eigenvalue weighted by Crippen LogP contribution is 2.11. The largest absolute Gasteiger partial charge is 0.544 e. The molecule has 0 saturated heterocycles. The standard InChI is InChI=1S/C45H77NO7/c1-6-8-10-12-14-16-18-20-21-22-23-24-26-28-30-32-34-36-44(48)53-41(39-51-38-37-42(45(49)50)46(3,4)5)40-52-43(47)35-33-31-29-27-25-19-17-15-13-11-9-7-2/h14-17,20-21,23-24,28,30,41-42H,6-13,18-19,22,25-27,29,31-40H2,1-5H3/b16-14+,17-15+,21-20+,24-23+,30-28+. The summed E-state index contributed by atoms with van der Waals surface area (Å²) in [5.74, 6) is -1.83. The number of carbonyl (C=O) groups excluding carboxylic acids is 3. The maximum absolute atomic E-state index is 12.7. The Hall–Kier alpha value is -2.97. The molecule has 0 aromatic rings. The van der Waals surface area contributed by atoms with Gasteiger partial charge in [0.25, 0.3) is 0 Å². The summed E-state index contributed by atoms with van der Waals surface area (Å²) in [5, 5.41) is 11.6. The van der Waals surface area contributed by atoms with E-state index in [1.807, 2.05) is 0 Å². The molecule has 0 aromatic heterocycles. The lowest BCUT2D eigenvalue weighted by Gasteiger charge is -2.34. The van der Waals surface area contributed by atoms with Crippen molar-refractivity contribution >= 4 is 17.9 Å². The fourth-order valence-electron chi connectivity index (χ4n) is 5.59. The molecular weight excluding hydrogens is 666 g/mol. The van der Waals surface area contributed by atoms with Gasteiger partial charge in [0.05, 0.1) is 40.3 Å². The first kappa shape index (κ1) is 50.0. The van der Waals surface area contributed by atoms with Crippen molar-refractivity contribution < 1.29 is 38.2 Å². The third-order valence-electron chi connectivity index (χ3n) is 8.88. The van der Waals surface area contributed by atoms with Crippen LogP contribution in [0.5, 0.6) is 0 Å². The van der Waals surface area contributed by atoms with E-state index in [4.69, 9.17) is 14.2 Å². The third-order valence-corrected chi connectivity index (χ3v) is 8.88. The number of unbranched alkanes of at least 4 members (excludes halogenated alkanes) is 12. The second-order valence-electron chi connectivity index (χ2n) is 14.9. The lowest BCUT2D eigenvalue weighted by molar-refractivity contribution is -0.889. The number of rotatable bonds is 36. The van der Waals surface area contributed by atoms with E-state index in [-0.39, 0.29) is 49.1 Å². The zero-order valence-corrected chi connectivity index (χ0v) is 34.4. The maximum atomic E-state index is 12.7. The monoisotopic (exact) mass is 744 g/mol. The number of aliphatic carboxylic acids is 1. The molecule has 8 heteroatoms. The van der Waals surface area contributed by atoms with Crippen molar-refractivity contribution in [3.63, 3.8) is 0 Å². The Bertz CT molecular complexity index is 1050. The summed E-state index contributed by atoms with van der Waals surface area (Å²) in [5.41, 5.74) is 0. The molecule has 0 radical (unpaired) electrons. The van der Waals surface area contributed by atoms with Crippen LogP contribution in [0.25, 0.3) is 0 Å². The van der Waals surface area contributed by atoms with Gasteiger partial charge in [-0.1, -0.05) is 120 Å². The zero-order chi connectivity index (χ0) is 39.3. The van der Waals surface area contributed by atoms with E-state index in [0.717, 1.165) is 57.8 Å². The molecule has 8 nitrogen and oxygen atoms in total. The minimum atomic E-state index is -1.14. The lowest BCUT2D eigenvalue weighted by atomic mass is 10.1. The van der Waals surface area contributed by atoms with E-state index in [1.54, 1.807) is 21.1 Å². The Labute approximate surface area is 324 Å². The summed E-state index contributed by atoms with van der Waals surface area (Å²) in [6.45, 7) is 4.52. The van der Waals surface area contributed by atoms with Crippen LogP contribution in [-0.2, 0) is 28.6 Å². The second-order valence-corrected chi connectivity index (χ2v) is 14.9.